The van der Waals surface area contributed by atoms with Gasteiger partial charge in [0.15, 0.2) is 0 Å². The molecule has 7 nitrogen and oxygen atoms in total. The molecule has 0 radical (unpaired) electrons. The van der Waals surface area contributed by atoms with E-state index in [0.29, 0.717) is 41.3 Å². The molecule has 0 atom stereocenters. The number of amides is 2. The minimum absolute atomic E-state index is 0.0274. The van der Waals surface area contributed by atoms with Crippen LogP contribution in [0.4, 0.5) is 20.8 Å². The summed E-state index contributed by atoms with van der Waals surface area (Å²) in [5.41, 5.74) is 2.83. The van der Waals surface area contributed by atoms with E-state index < -0.39 is 11.6 Å². The van der Waals surface area contributed by atoms with Crippen LogP contribution < -0.4 is 21.5 Å². The lowest BCUT2D eigenvalue weighted by Crippen LogP contribution is -2.23. The van der Waals surface area contributed by atoms with Crippen molar-refractivity contribution in [1.82, 2.24) is 15.3 Å². The molecule has 0 saturated heterocycles. The van der Waals surface area contributed by atoms with E-state index in [4.69, 9.17) is 11.6 Å². The summed E-state index contributed by atoms with van der Waals surface area (Å²) < 4.78 is 12.2. The van der Waals surface area contributed by atoms with Crippen LogP contribution in [0.5, 0.6) is 0 Å². The number of rotatable bonds is 8. The fourth-order valence-corrected chi connectivity index (χ4v) is 3.16. The maximum atomic E-state index is 12.5. The number of carbonyl (C=O) groups is 1. The van der Waals surface area contributed by atoms with Gasteiger partial charge in [0.05, 0.1) is 12.2 Å². The molecule has 4 N–H and O–H groups in total. The fourth-order valence-electron chi connectivity index (χ4n) is 2.91. The van der Waals surface area contributed by atoms with E-state index in [1.54, 1.807) is 24.3 Å². The highest BCUT2D eigenvalue weighted by molar-refractivity contribution is 6.31. The summed E-state index contributed by atoms with van der Waals surface area (Å²) in [5, 5.41) is 8.82. The highest BCUT2D eigenvalue weighted by atomic mass is 35.5. The maximum absolute atomic E-state index is 12.5. The topological polar surface area (TPSA) is 98.9 Å². The second kappa shape index (κ2) is 10.7. The van der Waals surface area contributed by atoms with Gasteiger partial charge in [-0.2, -0.15) is 4.98 Å². The number of para-hydroxylation sites is 1. The van der Waals surface area contributed by atoms with Gasteiger partial charge in [-0.15, -0.1) is 0 Å². The Morgan fingerprint density at radius 1 is 1.19 bits per heavy atom. The normalized spacial score (nSPS) is 10.7. The molecule has 0 spiro atoms. The van der Waals surface area contributed by atoms with E-state index in [1.807, 2.05) is 25.1 Å². The number of carbonyl (C=O) groups excluding carboxylic acids is 1. The first-order valence-corrected chi connectivity index (χ1v) is 10.1. The molecule has 0 aliphatic rings. The number of aromatic nitrogens is 2. The number of aryl methyl sites for hydroxylation is 1. The summed E-state index contributed by atoms with van der Waals surface area (Å²) in [6.07, 6.45) is 1.92. The average Bonchev–Trinajstić information content (AvgIpc) is 2.74. The van der Waals surface area contributed by atoms with Crippen molar-refractivity contribution in [1.29, 1.82) is 0 Å². The number of alkyl halides is 1. The lowest BCUT2D eigenvalue weighted by molar-refractivity contribution is 0.262. The number of hydrogen-bond acceptors (Lipinski definition) is 4. The Morgan fingerprint density at radius 3 is 2.71 bits per heavy atom. The quantitative estimate of drug-likeness (QED) is 0.385. The van der Waals surface area contributed by atoms with E-state index in [2.05, 4.69) is 25.9 Å². The van der Waals surface area contributed by atoms with Crippen LogP contribution in [0.3, 0.4) is 0 Å². The number of nitrogens with zero attached hydrogens (tertiary/aromatic N) is 1. The van der Waals surface area contributed by atoms with Gasteiger partial charge < -0.3 is 15.6 Å². The molecule has 162 valence electrons. The summed E-state index contributed by atoms with van der Waals surface area (Å²) in [4.78, 5) is 31.4. The highest BCUT2D eigenvalue weighted by Crippen LogP contribution is 2.23. The molecule has 3 aromatic rings. The molecule has 1 heterocycles. The summed E-state index contributed by atoms with van der Waals surface area (Å²) in [6.45, 7) is 2.57. The van der Waals surface area contributed by atoms with Crippen molar-refractivity contribution >= 4 is 29.3 Å². The van der Waals surface area contributed by atoms with Gasteiger partial charge in [-0.05, 0) is 48.7 Å². The summed E-state index contributed by atoms with van der Waals surface area (Å²) in [6, 6.07) is 12.1. The zero-order chi connectivity index (χ0) is 22.2. The predicted molar refractivity (Wildman–Crippen MR) is 121 cm³/mol. The third-order valence-electron chi connectivity index (χ3n) is 4.59. The van der Waals surface area contributed by atoms with Gasteiger partial charge in [-0.25, -0.2) is 4.79 Å². The minimum atomic E-state index is -0.516. The van der Waals surface area contributed by atoms with Crippen LogP contribution in [0.2, 0.25) is 5.02 Å². The van der Waals surface area contributed by atoms with Crippen LogP contribution in [0.1, 0.15) is 17.5 Å². The number of anilines is 2. The lowest BCUT2D eigenvalue weighted by atomic mass is 10.1. The Kier molecular flexibility index (Phi) is 7.75. The van der Waals surface area contributed by atoms with Crippen LogP contribution in [-0.4, -0.2) is 29.2 Å². The van der Waals surface area contributed by atoms with Crippen LogP contribution in [-0.2, 0) is 6.54 Å². The first-order chi connectivity index (χ1) is 15.0. The average molecular weight is 444 g/mol. The second-order valence-electron chi connectivity index (χ2n) is 6.89. The van der Waals surface area contributed by atoms with Gasteiger partial charge in [-0.3, -0.25) is 14.5 Å². The maximum Gasteiger partial charge on any atom is 0.326 e. The molecule has 0 bridgehead atoms. The number of nitrogens with one attached hydrogen (secondary N) is 4. The Morgan fingerprint density at radius 2 is 2.00 bits per heavy atom. The van der Waals surface area contributed by atoms with Crippen molar-refractivity contribution in [3.63, 3.8) is 0 Å². The Balaban J connectivity index is 1.68. The standard InChI is InChI=1S/C22H23ClFN5O2/c1-14-5-2-3-6-19(14)27-22(31)29-21-26-13-17(20(30)28-21)15-7-8-16(18(23)11-15)12-25-10-4-9-24/h2-3,5-8,11,13,25H,4,9-10,12H2,1H3,(H3,26,27,28,29,30,31). The molecule has 1 aromatic heterocycles. The van der Waals surface area contributed by atoms with Crippen LogP contribution in [0.15, 0.2) is 53.5 Å². The smallest absolute Gasteiger partial charge is 0.326 e. The first-order valence-electron chi connectivity index (χ1n) is 9.77. The molecular formula is C22H23ClFN5O2. The van der Waals surface area contributed by atoms with Crippen molar-refractivity contribution in [3.8, 4) is 11.1 Å². The molecule has 31 heavy (non-hydrogen) atoms. The molecule has 2 aromatic carbocycles. The van der Waals surface area contributed by atoms with Gasteiger partial charge in [0.2, 0.25) is 5.95 Å². The van der Waals surface area contributed by atoms with Gasteiger partial charge >= 0.3 is 6.03 Å². The number of halogens is 2. The van der Waals surface area contributed by atoms with Gasteiger partial charge in [0.1, 0.15) is 0 Å². The third kappa shape index (κ3) is 6.13. The molecule has 0 aliphatic heterocycles. The van der Waals surface area contributed by atoms with E-state index in [0.717, 1.165) is 11.1 Å². The second-order valence-corrected chi connectivity index (χ2v) is 7.29. The van der Waals surface area contributed by atoms with Crippen LogP contribution >= 0.6 is 11.6 Å². The van der Waals surface area contributed by atoms with Gasteiger partial charge in [0.25, 0.3) is 5.56 Å². The first kappa shape index (κ1) is 22.5. The van der Waals surface area contributed by atoms with Crippen molar-refractivity contribution in [2.24, 2.45) is 0 Å². The molecule has 0 aliphatic carbocycles. The molecular weight excluding hydrogens is 421 g/mol. The van der Waals surface area contributed by atoms with E-state index in [9.17, 15) is 14.0 Å². The molecule has 0 unspecified atom stereocenters. The van der Waals surface area contributed by atoms with Gasteiger partial charge in [-0.1, -0.05) is 41.9 Å². The zero-order valence-corrected chi connectivity index (χ0v) is 17.7. The highest BCUT2D eigenvalue weighted by Gasteiger charge is 2.11. The SMILES string of the molecule is Cc1ccccc1NC(=O)Nc1nc(=O)c(-c2ccc(CNCCCF)c(Cl)c2)c[nH]1. The zero-order valence-electron chi connectivity index (χ0n) is 17.0. The van der Waals surface area contributed by atoms with Crippen LogP contribution in [0.25, 0.3) is 11.1 Å². The number of urea groups is 1. The fraction of sp³-hybridized carbons (Fsp3) is 0.227. The molecule has 0 fully saturated rings. The Hall–Kier alpha value is -3.23. The summed E-state index contributed by atoms with van der Waals surface area (Å²) in [7, 11) is 0. The number of H-pyrrole nitrogens is 1. The lowest BCUT2D eigenvalue weighted by Gasteiger charge is -2.10. The van der Waals surface area contributed by atoms with Gasteiger partial charge in [0, 0.05) is 23.5 Å². The Labute approximate surface area is 184 Å². The number of hydrogen-bond donors (Lipinski definition) is 4. The molecule has 0 saturated carbocycles. The molecule has 2 amide bonds. The number of benzene rings is 2. The molecule has 9 heteroatoms. The van der Waals surface area contributed by atoms with Crippen molar-refractivity contribution < 1.29 is 9.18 Å². The van der Waals surface area contributed by atoms with Crippen LogP contribution in [0, 0.1) is 6.92 Å². The monoisotopic (exact) mass is 443 g/mol. The Bertz CT molecular complexity index is 1120. The predicted octanol–water partition coefficient (Wildman–Crippen LogP) is 4.49. The minimum Gasteiger partial charge on any atom is -0.331 e. The summed E-state index contributed by atoms with van der Waals surface area (Å²) >= 11 is 6.32. The van der Waals surface area contributed by atoms with Crippen molar-refractivity contribution in [2.45, 2.75) is 19.9 Å². The largest absolute Gasteiger partial charge is 0.331 e. The van der Waals surface area contributed by atoms with Crippen molar-refractivity contribution in [3.05, 3.63) is 75.2 Å². The molecule has 3 rings (SSSR count). The van der Waals surface area contributed by atoms with E-state index in [1.165, 1.54) is 6.20 Å². The number of aromatic amines is 1. The third-order valence-corrected chi connectivity index (χ3v) is 4.94. The van der Waals surface area contributed by atoms with E-state index in [-0.39, 0.29) is 12.6 Å². The summed E-state index contributed by atoms with van der Waals surface area (Å²) in [5.74, 6) is 0.0274. The van der Waals surface area contributed by atoms with Crippen molar-refractivity contribution in [2.75, 3.05) is 23.9 Å². The van der Waals surface area contributed by atoms with E-state index >= 15 is 0 Å².